The number of nitrogens with zero attached hydrogens (tertiary/aromatic N) is 1. The Morgan fingerprint density at radius 1 is 1.44 bits per heavy atom. The molecule has 0 aromatic carbocycles. The Kier molecular flexibility index (Phi) is 4.34. The lowest BCUT2D eigenvalue weighted by Crippen LogP contribution is -2.57. The standard InChI is InChI=1S/C10H23N3O2S/c1-4-10(3,8-11)13(5-2)16(14,15)12-9-6-7-9/h9,12H,4-8,11H2,1-3H3. The Labute approximate surface area is 98.6 Å². The van der Waals surface area contributed by atoms with Crippen LogP contribution in [0.5, 0.6) is 0 Å². The summed E-state index contributed by atoms with van der Waals surface area (Å²) in [5.74, 6) is 0. The Bertz CT molecular complexity index is 321. The van der Waals surface area contributed by atoms with Gasteiger partial charge in [0.1, 0.15) is 0 Å². The van der Waals surface area contributed by atoms with Crippen molar-refractivity contribution in [1.29, 1.82) is 0 Å². The number of hydrogen-bond acceptors (Lipinski definition) is 3. The molecule has 0 aliphatic heterocycles. The first kappa shape index (κ1) is 13.9. The Balaban J connectivity index is 2.86. The molecule has 1 atom stereocenters. The van der Waals surface area contributed by atoms with Gasteiger partial charge in [0.25, 0.3) is 10.2 Å². The third kappa shape index (κ3) is 2.94. The van der Waals surface area contributed by atoms with Gasteiger partial charge in [-0.05, 0) is 26.2 Å². The van der Waals surface area contributed by atoms with E-state index in [1.807, 2.05) is 20.8 Å². The maximum atomic E-state index is 12.1. The zero-order valence-electron chi connectivity index (χ0n) is 10.4. The topological polar surface area (TPSA) is 75.4 Å². The fraction of sp³-hybridized carbons (Fsp3) is 1.00. The molecular weight excluding hydrogens is 226 g/mol. The summed E-state index contributed by atoms with van der Waals surface area (Å²) >= 11 is 0. The second kappa shape index (κ2) is 5.00. The zero-order chi connectivity index (χ0) is 12.4. The van der Waals surface area contributed by atoms with Crippen LogP contribution in [0.4, 0.5) is 0 Å². The molecule has 0 amide bonds. The van der Waals surface area contributed by atoms with E-state index in [1.54, 1.807) is 0 Å². The molecule has 1 rings (SSSR count). The van der Waals surface area contributed by atoms with Crippen molar-refractivity contribution in [3.63, 3.8) is 0 Å². The number of rotatable bonds is 7. The van der Waals surface area contributed by atoms with E-state index < -0.39 is 15.7 Å². The fourth-order valence-electron chi connectivity index (χ4n) is 1.74. The molecule has 0 heterocycles. The third-order valence-corrected chi connectivity index (χ3v) is 5.18. The summed E-state index contributed by atoms with van der Waals surface area (Å²) in [6.45, 7) is 6.48. The van der Waals surface area contributed by atoms with Gasteiger partial charge in [0.2, 0.25) is 0 Å². The van der Waals surface area contributed by atoms with Crippen LogP contribution in [-0.4, -0.2) is 37.4 Å². The molecule has 1 unspecified atom stereocenters. The van der Waals surface area contributed by atoms with Crippen LogP contribution < -0.4 is 10.5 Å². The average Bonchev–Trinajstić information content (AvgIpc) is 3.01. The maximum absolute atomic E-state index is 12.1. The van der Waals surface area contributed by atoms with Crippen LogP contribution in [0.3, 0.4) is 0 Å². The smallest absolute Gasteiger partial charge is 0.280 e. The minimum absolute atomic E-state index is 0.137. The van der Waals surface area contributed by atoms with Crippen molar-refractivity contribution in [2.24, 2.45) is 5.73 Å². The first-order valence-corrected chi connectivity index (χ1v) is 7.33. The lowest BCUT2D eigenvalue weighted by molar-refractivity contribution is 0.211. The lowest BCUT2D eigenvalue weighted by atomic mass is 9.99. The van der Waals surface area contributed by atoms with Crippen molar-refractivity contribution in [1.82, 2.24) is 9.03 Å². The molecule has 5 nitrogen and oxygen atoms in total. The van der Waals surface area contributed by atoms with Gasteiger partial charge < -0.3 is 5.73 Å². The number of nitrogens with two attached hydrogens (primary N) is 1. The van der Waals surface area contributed by atoms with Crippen molar-refractivity contribution in [3.05, 3.63) is 0 Å². The lowest BCUT2D eigenvalue weighted by Gasteiger charge is -2.38. The summed E-state index contributed by atoms with van der Waals surface area (Å²) in [5, 5.41) is 0. The van der Waals surface area contributed by atoms with E-state index >= 15 is 0 Å². The molecule has 1 saturated carbocycles. The third-order valence-electron chi connectivity index (χ3n) is 3.27. The van der Waals surface area contributed by atoms with Gasteiger partial charge in [0.15, 0.2) is 0 Å². The summed E-state index contributed by atoms with van der Waals surface area (Å²) in [6.07, 6.45) is 2.60. The molecule has 0 bridgehead atoms. The Morgan fingerprint density at radius 3 is 2.31 bits per heavy atom. The van der Waals surface area contributed by atoms with Crippen molar-refractivity contribution < 1.29 is 8.42 Å². The molecule has 0 spiro atoms. The van der Waals surface area contributed by atoms with Gasteiger partial charge in [-0.1, -0.05) is 13.8 Å². The van der Waals surface area contributed by atoms with E-state index in [1.165, 1.54) is 4.31 Å². The Hall–Kier alpha value is -0.170. The Morgan fingerprint density at radius 2 is 2.00 bits per heavy atom. The number of likely N-dealkylation sites (N-methyl/N-ethyl adjacent to an activating group) is 1. The fourth-order valence-corrected chi connectivity index (χ4v) is 3.65. The van der Waals surface area contributed by atoms with Gasteiger partial charge in [0.05, 0.1) is 0 Å². The first-order valence-electron chi connectivity index (χ1n) is 5.89. The van der Waals surface area contributed by atoms with E-state index in [0.29, 0.717) is 19.5 Å². The number of hydrogen-bond donors (Lipinski definition) is 2. The van der Waals surface area contributed by atoms with Crippen LogP contribution in [0.2, 0.25) is 0 Å². The van der Waals surface area contributed by atoms with Gasteiger partial charge in [-0.3, -0.25) is 0 Å². The summed E-state index contributed by atoms with van der Waals surface area (Å²) < 4.78 is 28.5. The summed E-state index contributed by atoms with van der Waals surface area (Å²) in [7, 11) is -3.39. The molecule has 1 fully saturated rings. The second-order valence-electron chi connectivity index (χ2n) is 4.62. The maximum Gasteiger partial charge on any atom is 0.280 e. The van der Waals surface area contributed by atoms with Crippen LogP contribution in [0.15, 0.2) is 0 Å². The van der Waals surface area contributed by atoms with Crippen molar-refractivity contribution in [2.75, 3.05) is 13.1 Å². The predicted molar refractivity (Wildman–Crippen MR) is 65.2 cm³/mol. The minimum Gasteiger partial charge on any atom is -0.329 e. The highest BCUT2D eigenvalue weighted by Crippen LogP contribution is 2.25. The van der Waals surface area contributed by atoms with E-state index in [-0.39, 0.29) is 6.04 Å². The van der Waals surface area contributed by atoms with Gasteiger partial charge in [-0.2, -0.15) is 17.4 Å². The molecule has 0 saturated heterocycles. The molecule has 0 radical (unpaired) electrons. The van der Waals surface area contributed by atoms with Crippen LogP contribution >= 0.6 is 0 Å². The summed E-state index contributed by atoms with van der Waals surface area (Å²) in [6, 6.07) is 0.137. The monoisotopic (exact) mass is 249 g/mol. The van der Waals surface area contributed by atoms with Gasteiger partial charge in [-0.25, -0.2) is 0 Å². The zero-order valence-corrected chi connectivity index (χ0v) is 11.2. The molecule has 6 heteroatoms. The molecule has 96 valence electrons. The van der Waals surface area contributed by atoms with Crippen LogP contribution in [0.1, 0.15) is 40.0 Å². The SMILES string of the molecule is CCN(C(C)(CC)CN)S(=O)(=O)NC1CC1. The molecule has 3 N–H and O–H groups in total. The average molecular weight is 249 g/mol. The molecule has 16 heavy (non-hydrogen) atoms. The predicted octanol–water partition coefficient (Wildman–Crippen LogP) is 0.433. The molecule has 1 aliphatic rings. The van der Waals surface area contributed by atoms with Gasteiger partial charge >= 0.3 is 0 Å². The molecule has 0 aromatic heterocycles. The van der Waals surface area contributed by atoms with Crippen molar-refractivity contribution >= 4 is 10.2 Å². The van der Waals surface area contributed by atoms with Crippen molar-refractivity contribution in [2.45, 2.75) is 51.6 Å². The minimum atomic E-state index is -3.39. The highest BCUT2D eigenvalue weighted by atomic mass is 32.2. The largest absolute Gasteiger partial charge is 0.329 e. The second-order valence-corrected chi connectivity index (χ2v) is 6.24. The van der Waals surface area contributed by atoms with E-state index in [9.17, 15) is 8.42 Å². The van der Waals surface area contributed by atoms with E-state index in [0.717, 1.165) is 12.8 Å². The van der Waals surface area contributed by atoms with E-state index in [4.69, 9.17) is 5.73 Å². The highest BCUT2D eigenvalue weighted by Gasteiger charge is 2.39. The first-order chi connectivity index (χ1) is 7.39. The normalized spacial score (nSPS) is 21.1. The van der Waals surface area contributed by atoms with E-state index in [2.05, 4.69) is 4.72 Å². The van der Waals surface area contributed by atoms with Crippen LogP contribution in [-0.2, 0) is 10.2 Å². The van der Waals surface area contributed by atoms with Gasteiger partial charge in [-0.15, -0.1) is 0 Å². The molecule has 0 aromatic rings. The number of nitrogens with one attached hydrogen (secondary N) is 1. The highest BCUT2D eigenvalue weighted by molar-refractivity contribution is 7.87. The quantitative estimate of drug-likeness (QED) is 0.687. The van der Waals surface area contributed by atoms with Crippen molar-refractivity contribution in [3.8, 4) is 0 Å². The van der Waals surface area contributed by atoms with Crippen LogP contribution in [0, 0.1) is 0 Å². The molecular formula is C10H23N3O2S. The summed E-state index contributed by atoms with van der Waals surface area (Å²) in [4.78, 5) is 0. The van der Waals surface area contributed by atoms with Crippen LogP contribution in [0.25, 0.3) is 0 Å². The van der Waals surface area contributed by atoms with Gasteiger partial charge in [0, 0.05) is 24.7 Å². The summed E-state index contributed by atoms with van der Waals surface area (Å²) in [5.41, 5.74) is 5.21. The molecule has 1 aliphatic carbocycles.